The molecule has 0 heterocycles. The summed E-state index contributed by atoms with van der Waals surface area (Å²) >= 11 is 5.92. The van der Waals surface area contributed by atoms with Crippen LogP contribution in [-0.4, -0.2) is 14.3 Å². The van der Waals surface area contributed by atoms with E-state index in [4.69, 9.17) is 11.6 Å². The molecule has 8 heteroatoms. The summed E-state index contributed by atoms with van der Waals surface area (Å²) in [5, 5.41) is 3.05. The molecule has 2 N–H and O–H groups in total. The van der Waals surface area contributed by atoms with Gasteiger partial charge in [0.25, 0.3) is 15.9 Å². The van der Waals surface area contributed by atoms with Crippen LogP contribution in [0.15, 0.2) is 71.6 Å². The molecule has 5 nitrogen and oxygen atoms in total. The van der Waals surface area contributed by atoms with Gasteiger partial charge in [-0.3, -0.25) is 9.52 Å². The Balaban J connectivity index is 1.75. The van der Waals surface area contributed by atoms with Crippen molar-refractivity contribution >= 4 is 38.9 Å². The van der Waals surface area contributed by atoms with Crippen molar-refractivity contribution in [2.24, 2.45) is 0 Å². The fraction of sp³-hybridized carbons (Fsp3) is 0.0500. The van der Waals surface area contributed by atoms with Crippen LogP contribution in [0.25, 0.3) is 0 Å². The first-order valence-electron chi connectivity index (χ1n) is 8.20. The Kier molecular flexibility index (Phi) is 5.67. The third-order valence-corrected chi connectivity index (χ3v) is 5.59. The van der Waals surface area contributed by atoms with Gasteiger partial charge in [0.05, 0.1) is 10.6 Å². The van der Waals surface area contributed by atoms with Crippen molar-refractivity contribution in [2.45, 2.75) is 11.8 Å². The van der Waals surface area contributed by atoms with Crippen LogP contribution in [0.5, 0.6) is 0 Å². The predicted molar refractivity (Wildman–Crippen MR) is 108 cm³/mol. The third kappa shape index (κ3) is 4.68. The smallest absolute Gasteiger partial charge is 0.261 e. The van der Waals surface area contributed by atoms with Gasteiger partial charge in [0, 0.05) is 16.3 Å². The minimum atomic E-state index is -3.82. The number of halogens is 2. The van der Waals surface area contributed by atoms with Crippen LogP contribution in [0, 0.1) is 12.7 Å². The van der Waals surface area contributed by atoms with Gasteiger partial charge in [0.2, 0.25) is 0 Å². The fourth-order valence-corrected chi connectivity index (χ4v) is 3.72. The van der Waals surface area contributed by atoms with E-state index in [0.29, 0.717) is 16.4 Å². The van der Waals surface area contributed by atoms with Crippen LogP contribution >= 0.6 is 11.6 Å². The molecule has 0 saturated carbocycles. The molecule has 0 aliphatic carbocycles. The highest BCUT2D eigenvalue weighted by molar-refractivity contribution is 7.92. The molecule has 0 aliphatic heterocycles. The number of rotatable bonds is 5. The zero-order chi connectivity index (χ0) is 20.3. The Hall–Kier alpha value is -2.90. The average molecular weight is 419 g/mol. The molecule has 0 aliphatic rings. The molecule has 0 fully saturated rings. The molecule has 0 bridgehead atoms. The second-order valence-corrected chi connectivity index (χ2v) is 8.17. The van der Waals surface area contributed by atoms with Crippen LogP contribution < -0.4 is 10.0 Å². The maximum absolute atomic E-state index is 12.9. The summed E-state index contributed by atoms with van der Waals surface area (Å²) in [6, 6.07) is 15.7. The molecule has 28 heavy (non-hydrogen) atoms. The van der Waals surface area contributed by atoms with E-state index < -0.39 is 21.7 Å². The van der Waals surface area contributed by atoms with Crippen LogP contribution in [0.2, 0.25) is 5.02 Å². The summed E-state index contributed by atoms with van der Waals surface area (Å²) in [5.41, 5.74) is 1.82. The topological polar surface area (TPSA) is 75.3 Å². The molecule has 0 atom stereocenters. The summed E-state index contributed by atoms with van der Waals surface area (Å²) in [4.78, 5) is 12.2. The van der Waals surface area contributed by atoms with Crippen molar-refractivity contribution in [1.29, 1.82) is 0 Å². The average Bonchev–Trinajstić information content (AvgIpc) is 2.65. The molecule has 3 aromatic carbocycles. The van der Waals surface area contributed by atoms with Gasteiger partial charge in [-0.05, 0) is 73.2 Å². The molecule has 144 valence electrons. The van der Waals surface area contributed by atoms with Gasteiger partial charge in [0.15, 0.2) is 0 Å². The predicted octanol–water partition coefficient (Wildman–Crippen LogP) is 4.84. The Bertz CT molecular complexity index is 1120. The Morgan fingerprint density at radius 2 is 1.61 bits per heavy atom. The van der Waals surface area contributed by atoms with Crippen LogP contribution in [-0.2, 0) is 10.0 Å². The third-order valence-electron chi connectivity index (χ3n) is 3.97. The van der Waals surface area contributed by atoms with Crippen molar-refractivity contribution < 1.29 is 17.6 Å². The lowest BCUT2D eigenvalue weighted by molar-refractivity contribution is 0.102. The zero-order valence-corrected chi connectivity index (χ0v) is 16.3. The number of carbonyl (C=O) groups excluding carboxylic acids is 1. The van der Waals surface area contributed by atoms with Gasteiger partial charge in [-0.2, -0.15) is 0 Å². The second kappa shape index (κ2) is 8.00. The Morgan fingerprint density at radius 3 is 2.25 bits per heavy atom. The standard InChI is InChI=1S/C20H16ClFN2O3S/c1-13-2-5-15(21)12-19(13)24-28(26,27)18-10-8-17(9-11-18)23-20(25)14-3-6-16(22)7-4-14/h2-12,24H,1H3,(H,23,25). The van der Waals surface area contributed by atoms with Crippen molar-refractivity contribution in [1.82, 2.24) is 0 Å². The van der Waals surface area contributed by atoms with Gasteiger partial charge in [0.1, 0.15) is 5.82 Å². The maximum Gasteiger partial charge on any atom is 0.261 e. The monoisotopic (exact) mass is 418 g/mol. The summed E-state index contributed by atoms with van der Waals surface area (Å²) in [5.74, 6) is -0.864. The van der Waals surface area contributed by atoms with E-state index in [1.165, 1.54) is 54.6 Å². The second-order valence-electron chi connectivity index (χ2n) is 6.05. The molecule has 3 rings (SSSR count). The lowest BCUT2D eigenvalue weighted by Gasteiger charge is -2.12. The van der Waals surface area contributed by atoms with E-state index in [1.54, 1.807) is 19.1 Å². The highest BCUT2D eigenvalue weighted by Crippen LogP contribution is 2.24. The first kappa shape index (κ1) is 19.9. The number of amides is 1. The largest absolute Gasteiger partial charge is 0.322 e. The molecule has 0 aromatic heterocycles. The van der Waals surface area contributed by atoms with E-state index in [9.17, 15) is 17.6 Å². The lowest BCUT2D eigenvalue weighted by atomic mass is 10.2. The number of carbonyl (C=O) groups is 1. The normalized spacial score (nSPS) is 11.1. The van der Waals surface area contributed by atoms with Crippen molar-refractivity contribution in [3.8, 4) is 0 Å². The molecule has 0 spiro atoms. The summed E-state index contributed by atoms with van der Waals surface area (Å²) in [6.45, 7) is 1.77. The lowest BCUT2D eigenvalue weighted by Crippen LogP contribution is -2.14. The molecule has 0 radical (unpaired) electrons. The number of anilines is 2. The maximum atomic E-state index is 12.9. The van der Waals surface area contributed by atoms with Gasteiger partial charge >= 0.3 is 0 Å². The first-order valence-corrected chi connectivity index (χ1v) is 10.1. The number of sulfonamides is 1. The van der Waals surface area contributed by atoms with Crippen LogP contribution in [0.3, 0.4) is 0 Å². The molecule has 0 saturated heterocycles. The van der Waals surface area contributed by atoms with E-state index in [2.05, 4.69) is 10.0 Å². The summed E-state index contributed by atoms with van der Waals surface area (Å²) in [7, 11) is -3.82. The van der Waals surface area contributed by atoms with E-state index >= 15 is 0 Å². The number of aryl methyl sites for hydroxylation is 1. The Labute approximate surface area is 167 Å². The van der Waals surface area contributed by atoms with Crippen molar-refractivity contribution in [2.75, 3.05) is 10.0 Å². The van der Waals surface area contributed by atoms with Crippen molar-refractivity contribution in [3.05, 3.63) is 88.7 Å². The van der Waals surface area contributed by atoms with Crippen LogP contribution in [0.1, 0.15) is 15.9 Å². The number of hydrogen-bond donors (Lipinski definition) is 2. The highest BCUT2D eigenvalue weighted by atomic mass is 35.5. The van der Waals surface area contributed by atoms with Gasteiger partial charge in [-0.25, -0.2) is 12.8 Å². The number of nitrogens with one attached hydrogen (secondary N) is 2. The summed E-state index contributed by atoms with van der Waals surface area (Å²) < 4.78 is 40.6. The van der Waals surface area contributed by atoms with Crippen molar-refractivity contribution in [3.63, 3.8) is 0 Å². The molecular weight excluding hydrogens is 403 g/mol. The van der Waals surface area contributed by atoms with Gasteiger partial charge < -0.3 is 5.32 Å². The SMILES string of the molecule is Cc1ccc(Cl)cc1NS(=O)(=O)c1ccc(NC(=O)c2ccc(F)cc2)cc1. The number of hydrogen-bond acceptors (Lipinski definition) is 3. The van der Waals surface area contributed by atoms with E-state index in [1.807, 2.05) is 0 Å². The molecule has 3 aromatic rings. The first-order chi connectivity index (χ1) is 13.2. The van der Waals surface area contributed by atoms with Gasteiger partial charge in [-0.15, -0.1) is 0 Å². The Morgan fingerprint density at radius 1 is 0.964 bits per heavy atom. The van der Waals surface area contributed by atoms with E-state index in [0.717, 1.165) is 5.56 Å². The minimum Gasteiger partial charge on any atom is -0.322 e. The fourth-order valence-electron chi connectivity index (χ4n) is 2.43. The molecule has 0 unspecified atom stereocenters. The minimum absolute atomic E-state index is 0.0339. The quantitative estimate of drug-likeness (QED) is 0.622. The van der Waals surface area contributed by atoms with Crippen LogP contribution in [0.4, 0.5) is 15.8 Å². The molecule has 1 amide bonds. The zero-order valence-electron chi connectivity index (χ0n) is 14.7. The van der Waals surface area contributed by atoms with Gasteiger partial charge in [-0.1, -0.05) is 17.7 Å². The summed E-state index contributed by atoms with van der Waals surface area (Å²) in [6.07, 6.45) is 0. The highest BCUT2D eigenvalue weighted by Gasteiger charge is 2.16. The van der Waals surface area contributed by atoms with E-state index in [-0.39, 0.29) is 10.5 Å². The number of benzene rings is 3. The molecular formula is C20H16ClFN2O3S.